The molecule has 0 aliphatic heterocycles. The van der Waals surface area contributed by atoms with Gasteiger partial charge in [0.1, 0.15) is 24.2 Å². The number of hydrogen-bond acceptors (Lipinski definition) is 3. The summed E-state index contributed by atoms with van der Waals surface area (Å²) >= 11 is 3.27. The van der Waals surface area contributed by atoms with Crippen molar-refractivity contribution >= 4 is 21.9 Å². The van der Waals surface area contributed by atoms with E-state index in [-0.39, 0.29) is 17.7 Å². The molecule has 0 atom stereocenters. The fourth-order valence-electron chi connectivity index (χ4n) is 1.63. The van der Waals surface area contributed by atoms with Crippen molar-refractivity contribution < 1.29 is 19.0 Å². The van der Waals surface area contributed by atoms with E-state index in [0.29, 0.717) is 10.2 Å². The van der Waals surface area contributed by atoms with Crippen molar-refractivity contribution in [3.05, 3.63) is 63.4 Å². The Hall–Kier alpha value is -2.39. The van der Waals surface area contributed by atoms with Crippen LogP contribution in [0.15, 0.2) is 40.9 Å². The van der Waals surface area contributed by atoms with E-state index in [9.17, 15) is 9.18 Å². The van der Waals surface area contributed by atoms with Crippen molar-refractivity contribution in [1.29, 1.82) is 5.26 Å². The monoisotopic (exact) mass is 349 g/mol. The zero-order valence-electron chi connectivity index (χ0n) is 10.6. The Morgan fingerprint density at radius 1 is 1.33 bits per heavy atom. The highest BCUT2D eigenvalue weighted by molar-refractivity contribution is 9.10. The standard InChI is InChI=1S/C15H9BrFNO3/c16-13-5-9(15(19)20)1-2-11(13)8-21-12-4-3-10(7-18)14(17)6-12/h1-6H,8H2,(H,19,20). The van der Waals surface area contributed by atoms with Crippen LogP contribution in [0.5, 0.6) is 5.75 Å². The summed E-state index contributed by atoms with van der Waals surface area (Å²) < 4.78 is 19.4. The highest BCUT2D eigenvalue weighted by Gasteiger charge is 2.08. The molecule has 0 heterocycles. The highest BCUT2D eigenvalue weighted by atomic mass is 79.9. The van der Waals surface area contributed by atoms with Crippen molar-refractivity contribution in [1.82, 2.24) is 0 Å². The summed E-state index contributed by atoms with van der Waals surface area (Å²) in [4.78, 5) is 10.8. The lowest BCUT2D eigenvalue weighted by atomic mass is 10.1. The van der Waals surface area contributed by atoms with Crippen LogP contribution in [0.2, 0.25) is 0 Å². The molecule has 0 radical (unpaired) electrons. The van der Waals surface area contributed by atoms with E-state index in [2.05, 4.69) is 15.9 Å². The number of carboxylic acid groups (broad SMARTS) is 1. The van der Waals surface area contributed by atoms with Crippen LogP contribution in [0.4, 0.5) is 4.39 Å². The largest absolute Gasteiger partial charge is 0.489 e. The second kappa shape index (κ2) is 6.37. The highest BCUT2D eigenvalue weighted by Crippen LogP contribution is 2.22. The van der Waals surface area contributed by atoms with Gasteiger partial charge in [-0.1, -0.05) is 22.0 Å². The maximum absolute atomic E-state index is 13.4. The fraction of sp³-hybridized carbons (Fsp3) is 0.0667. The Balaban J connectivity index is 2.11. The molecule has 0 aromatic heterocycles. The molecule has 0 bridgehead atoms. The number of nitriles is 1. The van der Waals surface area contributed by atoms with Crippen LogP contribution in [-0.2, 0) is 6.61 Å². The van der Waals surface area contributed by atoms with E-state index in [4.69, 9.17) is 15.1 Å². The van der Waals surface area contributed by atoms with Crippen LogP contribution in [0.3, 0.4) is 0 Å². The van der Waals surface area contributed by atoms with E-state index >= 15 is 0 Å². The van der Waals surface area contributed by atoms with Crippen LogP contribution in [0, 0.1) is 17.1 Å². The first-order chi connectivity index (χ1) is 10.0. The van der Waals surface area contributed by atoms with E-state index in [1.165, 1.54) is 24.3 Å². The third kappa shape index (κ3) is 3.58. The van der Waals surface area contributed by atoms with Crippen LogP contribution in [-0.4, -0.2) is 11.1 Å². The van der Waals surface area contributed by atoms with Gasteiger partial charge in [0.05, 0.1) is 11.1 Å². The van der Waals surface area contributed by atoms with Gasteiger partial charge in [-0.2, -0.15) is 5.26 Å². The molecular weight excluding hydrogens is 341 g/mol. The Morgan fingerprint density at radius 3 is 2.67 bits per heavy atom. The minimum Gasteiger partial charge on any atom is -0.489 e. The normalized spacial score (nSPS) is 9.95. The number of benzene rings is 2. The van der Waals surface area contributed by atoms with Crippen molar-refractivity contribution in [3.8, 4) is 11.8 Å². The first kappa shape index (κ1) is 15.0. The van der Waals surface area contributed by atoms with E-state index in [1.54, 1.807) is 12.1 Å². The van der Waals surface area contributed by atoms with Gasteiger partial charge in [0.25, 0.3) is 0 Å². The number of ether oxygens (including phenoxy) is 1. The topological polar surface area (TPSA) is 70.3 Å². The molecule has 0 fully saturated rings. The molecule has 2 aromatic carbocycles. The summed E-state index contributed by atoms with van der Waals surface area (Å²) in [6, 6.07) is 10.3. The number of aromatic carboxylic acids is 1. The van der Waals surface area contributed by atoms with Crippen molar-refractivity contribution in [2.75, 3.05) is 0 Å². The van der Waals surface area contributed by atoms with E-state index in [0.717, 1.165) is 11.6 Å². The van der Waals surface area contributed by atoms with Gasteiger partial charge in [0.2, 0.25) is 0 Å². The quantitative estimate of drug-likeness (QED) is 0.912. The van der Waals surface area contributed by atoms with E-state index in [1.807, 2.05) is 0 Å². The smallest absolute Gasteiger partial charge is 0.335 e. The Kier molecular flexibility index (Phi) is 4.55. The molecular formula is C15H9BrFNO3. The summed E-state index contributed by atoms with van der Waals surface area (Å²) in [6.07, 6.45) is 0. The Bertz CT molecular complexity index is 740. The molecule has 2 rings (SSSR count). The number of carbonyl (C=O) groups is 1. The molecule has 2 aromatic rings. The van der Waals surface area contributed by atoms with Gasteiger partial charge in [0, 0.05) is 16.1 Å². The molecule has 0 aliphatic rings. The molecule has 0 saturated heterocycles. The van der Waals surface area contributed by atoms with Crippen LogP contribution >= 0.6 is 15.9 Å². The second-order valence-electron chi connectivity index (χ2n) is 4.15. The van der Waals surface area contributed by atoms with Crippen LogP contribution in [0.25, 0.3) is 0 Å². The number of nitrogens with zero attached hydrogens (tertiary/aromatic N) is 1. The summed E-state index contributed by atoms with van der Waals surface area (Å²) in [6.45, 7) is 0.145. The molecule has 0 spiro atoms. The SMILES string of the molecule is N#Cc1ccc(OCc2ccc(C(=O)O)cc2Br)cc1F. The zero-order chi connectivity index (χ0) is 15.4. The van der Waals surface area contributed by atoms with E-state index < -0.39 is 11.8 Å². The molecule has 0 aliphatic carbocycles. The third-order valence-electron chi connectivity index (χ3n) is 2.76. The summed E-state index contributed by atoms with van der Waals surface area (Å²) in [5, 5.41) is 17.5. The van der Waals surface area contributed by atoms with Gasteiger partial charge in [-0.3, -0.25) is 0 Å². The minimum atomic E-state index is -1.02. The molecule has 0 saturated carbocycles. The van der Waals surface area contributed by atoms with Gasteiger partial charge in [-0.15, -0.1) is 0 Å². The van der Waals surface area contributed by atoms with Crippen molar-refractivity contribution in [2.45, 2.75) is 6.61 Å². The molecule has 1 N–H and O–H groups in total. The number of rotatable bonds is 4. The average molecular weight is 350 g/mol. The lowest BCUT2D eigenvalue weighted by Gasteiger charge is -2.09. The molecule has 0 amide bonds. The Morgan fingerprint density at radius 2 is 2.10 bits per heavy atom. The predicted molar refractivity (Wildman–Crippen MR) is 76.5 cm³/mol. The van der Waals surface area contributed by atoms with Gasteiger partial charge >= 0.3 is 5.97 Å². The number of carboxylic acids is 1. The number of hydrogen-bond donors (Lipinski definition) is 1. The molecule has 0 unspecified atom stereocenters. The summed E-state index contributed by atoms with van der Waals surface area (Å²) in [5.41, 5.74) is 0.842. The average Bonchev–Trinajstić information content (AvgIpc) is 2.46. The lowest BCUT2D eigenvalue weighted by Crippen LogP contribution is -2.00. The maximum Gasteiger partial charge on any atom is 0.335 e. The predicted octanol–water partition coefficient (Wildman–Crippen LogP) is 3.74. The Labute approximate surface area is 128 Å². The van der Waals surface area contributed by atoms with Gasteiger partial charge in [-0.25, -0.2) is 9.18 Å². The maximum atomic E-state index is 13.4. The molecule has 6 heteroatoms. The second-order valence-corrected chi connectivity index (χ2v) is 5.01. The number of halogens is 2. The lowest BCUT2D eigenvalue weighted by molar-refractivity contribution is 0.0696. The van der Waals surface area contributed by atoms with Gasteiger partial charge in [0.15, 0.2) is 0 Å². The van der Waals surface area contributed by atoms with Crippen molar-refractivity contribution in [3.63, 3.8) is 0 Å². The van der Waals surface area contributed by atoms with Crippen molar-refractivity contribution in [2.24, 2.45) is 0 Å². The van der Waals surface area contributed by atoms with Gasteiger partial charge < -0.3 is 9.84 Å². The molecule has 21 heavy (non-hydrogen) atoms. The molecule has 106 valence electrons. The summed E-state index contributed by atoms with van der Waals surface area (Å²) in [7, 11) is 0. The van der Waals surface area contributed by atoms with Crippen LogP contribution in [0.1, 0.15) is 21.5 Å². The first-order valence-electron chi connectivity index (χ1n) is 5.85. The van der Waals surface area contributed by atoms with Crippen LogP contribution < -0.4 is 4.74 Å². The zero-order valence-corrected chi connectivity index (χ0v) is 12.2. The third-order valence-corrected chi connectivity index (χ3v) is 3.49. The van der Waals surface area contributed by atoms with Gasteiger partial charge in [-0.05, 0) is 24.3 Å². The fourth-order valence-corrected chi connectivity index (χ4v) is 2.13. The minimum absolute atomic E-state index is 0.0469. The molecule has 4 nitrogen and oxygen atoms in total. The first-order valence-corrected chi connectivity index (χ1v) is 6.64. The summed E-state index contributed by atoms with van der Waals surface area (Å²) in [5.74, 6) is -1.37.